The Morgan fingerprint density at radius 2 is 1.76 bits per heavy atom. The molecule has 1 aromatic heterocycles. The molecule has 9 heteroatoms. The van der Waals surface area contributed by atoms with Gasteiger partial charge in [0.15, 0.2) is 11.5 Å². The SMILES string of the molecule is COc1cc(C(=O)Nc2sc3c(c2C(=O)NC[C@H]2CCCO2)CCCC3)cc(OC)c1OC. The summed E-state index contributed by atoms with van der Waals surface area (Å²) in [5.41, 5.74) is 1.98. The van der Waals surface area contributed by atoms with Gasteiger partial charge in [-0.25, -0.2) is 0 Å². The van der Waals surface area contributed by atoms with Gasteiger partial charge in [0.2, 0.25) is 5.75 Å². The zero-order chi connectivity index (χ0) is 23.4. The van der Waals surface area contributed by atoms with Gasteiger partial charge in [-0.1, -0.05) is 0 Å². The molecule has 2 heterocycles. The normalized spacial score (nSPS) is 17.2. The van der Waals surface area contributed by atoms with Crippen molar-refractivity contribution in [2.24, 2.45) is 0 Å². The van der Waals surface area contributed by atoms with E-state index in [1.54, 1.807) is 12.1 Å². The van der Waals surface area contributed by atoms with Gasteiger partial charge in [-0.15, -0.1) is 11.3 Å². The lowest BCUT2D eigenvalue weighted by Crippen LogP contribution is -2.32. The summed E-state index contributed by atoms with van der Waals surface area (Å²) in [6.45, 7) is 1.22. The van der Waals surface area contributed by atoms with E-state index in [1.165, 1.54) is 37.5 Å². The molecule has 1 fully saturated rings. The van der Waals surface area contributed by atoms with Crippen molar-refractivity contribution in [1.29, 1.82) is 0 Å². The molecule has 1 saturated heterocycles. The van der Waals surface area contributed by atoms with Gasteiger partial charge in [-0.3, -0.25) is 9.59 Å². The lowest BCUT2D eigenvalue weighted by molar-refractivity contribution is 0.0858. The largest absolute Gasteiger partial charge is 0.493 e. The van der Waals surface area contributed by atoms with Crippen molar-refractivity contribution < 1.29 is 28.5 Å². The van der Waals surface area contributed by atoms with Gasteiger partial charge in [0, 0.05) is 23.6 Å². The van der Waals surface area contributed by atoms with E-state index >= 15 is 0 Å². The van der Waals surface area contributed by atoms with E-state index in [1.807, 2.05) is 0 Å². The fourth-order valence-electron chi connectivity index (χ4n) is 4.38. The molecule has 1 aliphatic heterocycles. The molecule has 0 bridgehead atoms. The van der Waals surface area contributed by atoms with E-state index in [4.69, 9.17) is 18.9 Å². The number of hydrogen-bond acceptors (Lipinski definition) is 7. The van der Waals surface area contributed by atoms with Crippen LogP contribution in [0.4, 0.5) is 5.00 Å². The van der Waals surface area contributed by atoms with Crippen LogP contribution < -0.4 is 24.8 Å². The maximum Gasteiger partial charge on any atom is 0.256 e. The van der Waals surface area contributed by atoms with Crippen molar-refractivity contribution in [2.75, 3.05) is 39.8 Å². The molecule has 2 aromatic rings. The predicted octanol–water partition coefficient (Wildman–Crippen LogP) is 3.81. The Morgan fingerprint density at radius 3 is 2.39 bits per heavy atom. The Labute approximate surface area is 197 Å². The van der Waals surface area contributed by atoms with Crippen LogP contribution in [-0.4, -0.2) is 52.4 Å². The second-order valence-corrected chi connectivity index (χ2v) is 9.23. The van der Waals surface area contributed by atoms with Crippen molar-refractivity contribution in [2.45, 2.75) is 44.6 Å². The molecule has 2 N–H and O–H groups in total. The average molecular weight is 475 g/mol. The molecule has 1 atom stereocenters. The summed E-state index contributed by atoms with van der Waals surface area (Å²) in [4.78, 5) is 27.6. The number of rotatable bonds is 8. The third-order valence-electron chi connectivity index (χ3n) is 6.07. The fourth-order valence-corrected chi connectivity index (χ4v) is 5.66. The molecule has 33 heavy (non-hydrogen) atoms. The number of aryl methyl sites for hydroxylation is 1. The molecule has 0 spiro atoms. The summed E-state index contributed by atoms with van der Waals surface area (Å²) in [5, 5.41) is 6.56. The Kier molecular flexibility index (Phi) is 7.39. The van der Waals surface area contributed by atoms with Crippen LogP contribution in [0.2, 0.25) is 0 Å². The lowest BCUT2D eigenvalue weighted by Gasteiger charge is -2.15. The number of methoxy groups -OCH3 is 3. The van der Waals surface area contributed by atoms with E-state index < -0.39 is 0 Å². The third kappa shape index (κ3) is 4.94. The van der Waals surface area contributed by atoms with E-state index in [0.29, 0.717) is 39.9 Å². The van der Waals surface area contributed by atoms with Crippen LogP contribution in [0.25, 0.3) is 0 Å². The molecule has 1 aliphatic carbocycles. The van der Waals surface area contributed by atoms with Gasteiger partial charge in [0.05, 0.1) is 33.0 Å². The molecule has 0 unspecified atom stereocenters. The highest BCUT2D eigenvalue weighted by molar-refractivity contribution is 7.17. The van der Waals surface area contributed by atoms with Crippen LogP contribution in [0.15, 0.2) is 12.1 Å². The number of fused-ring (bicyclic) bond motifs is 1. The van der Waals surface area contributed by atoms with E-state index in [0.717, 1.165) is 50.7 Å². The number of carbonyl (C=O) groups excluding carboxylic acids is 2. The number of hydrogen-bond donors (Lipinski definition) is 2. The molecule has 4 rings (SSSR count). The summed E-state index contributed by atoms with van der Waals surface area (Å²) < 4.78 is 21.7. The average Bonchev–Trinajstić information content (AvgIpc) is 3.49. The molecular weight excluding hydrogens is 444 g/mol. The second kappa shape index (κ2) is 10.4. The highest BCUT2D eigenvalue weighted by Crippen LogP contribution is 2.40. The summed E-state index contributed by atoms with van der Waals surface area (Å²) >= 11 is 1.49. The van der Waals surface area contributed by atoms with Crippen LogP contribution in [0.3, 0.4) is 0 Å². The van der Waals surface area contributed by atoms with Crippen LogP contribution in [0.5, 0.6) is 17.2 Å². The van der Waals surface area contributed by atoms with Gasteiger partial charge < -0.3 is 29.6 Å². The molecule has 0 saturated carbocycles. The zero-order valence-corrected chi connectivity index (χ0v) is 20.1. The first-order chi connectivity index (χ1) is 16.0. The Morgan fingerprint density at radius 1 is 1.03 bits per heavy atom. The molecule has 2 amide bonds. The van der Waals surface area contributed by atoms with Crippen molar-refractivity contribution in [3.63, 3.8) is 0 Å². The minimum absolute atomic E-state index is 0.0562. The molecule has 178 valence electrons. The molecule has 0 radical (unpaired) electrons. The first kappa shape index (κ1) is 23.4. The number of nitrogens with one attached hydrogen (secondary N) is 2. The van der Waals surface area contributed by atoms with Gasteiger partial charge >= 0.3 is 0 Å². The third-order valence-corrected chi connectivity index (χ3v) is 7.27. The summed E-state index contributed by atoms with van der Waals surface area (Å²) in [6, 6.07) is 3.20. The van der Waals surface area contributed by atoms with Crippen molar-refractivity contribution in [3.05, 3.63) is 33.7 Å². The molecular formula is C24H30N2O6S. The van der Waals surface area contributed by atoms with Crippen LogP contribution in [0.1, 0.15) is 56.8 Å². The number of anilines is 1. The van der Waals surface area contributed by atoms with Gasteiger partial charge in [-0.2, -0.15) is 0 Å². The van der Waals surface area contributed by atoms with E-state index in [9.17, 15) is 9.59 Å². The smallest absolute Gasteiger partial charge is 0.256 e. The zero-order valence-electron chi connectivity index (χ0n) is 19.2. The quantitative estimate of drug-likeness (QED) is 0.604. The van der Waals surface area contributed by atoms with Crippen LogP contribution in [0, 0.1) is 0 Å². The number of amides is 2. The van der Waals surface area contributed by atoms with Gasteiger partial charge in [0.25, 0.3) is 11.8 Å². The maximum atomic E-state index is 13.2. The fraction of sp³-hybridized carbons (Fsp3) is 0.500. The first-order valence-electron chi connectivity index (χ1n) is 11.2. The first-order valence-corrected chi connectivity index (χ1v) is 12.0. The predicted molar refractivity (Wildman–Crippen MR) is 126 cm³/mol. The Hall–Kier alpha value is -2.78. The Balaban J connectivity index is 1.60. The molecule has 8 nitrogen and oxygen atoms in total. The van der Waals surface area contributed by atoms with Gasteiger partial charge in [0.1, 0.15) is 5.00 Å². The minimum Gasteiger partial charge on any atom is -0.493 e. The number of thiophene rings is 1. The van der Waals surface area contributed by atoms with Gasteiger partial charge in [-0.05, 0) is 56.2 Å². The van der Waals surface area contributed by atoms with Crippen molar-refractivity contribution >= 4 is 28.2 Å². The summed E-state index contributed by atoms with van der Waals surface area (Å²) in [5.74, 6) is 0.687. The monoisotopic (exact) mass is 474 g/mol. The molecule has 1 aromatic carbocycles. The standard InChI is InChI=1S/C24H30N2O6S/c1-29-17-11-14(12-18(30-2)21(17)31-3)22(27)26-24-20(16-8-4-5-9-19(16)33-24)23(28)25-13-15-7-6-10-32-15/h11-12,15H,4-10,13H2,1-3H3,(H,25,28)(H,26,27)/t15-/m1/s1. The lowest BCUT2D eigenvalue weighted by atomic mass is 9.95. The number of ether oxygens (including phenoxy) is 4. The highest BCUT2D eigenvalue weighted by atomic mass is 32.1. The second-order valence-electron chi connectivity index (χ2n) is 8.13. The van der Waals surface area contributed by atoms with Crippen molar-refractivity contribution in [3.8, 4) is 17.2 Å². The van der Waals surface area contributed by atoms with E-state index in [2.05, 4.69) is 10.6 Å². The summed E-state index contributed by atoms with van der Waals surface area (Å²) in [6.07, 6.45) is 5.92. The minimum atomic E-state index is -0.346. The Bertz CT molecular complexity index is 1000. The molecule has 2 aliphatic rings. The highest BCUT2D eigenvalue weighted by Gasteiger charge is 2.28. The summed E-state index contributed by atoms with van der Waals surface area (Å²) in [7, 11) is 4.52. The van der Waals surface area contributed by atoms with Crippen molar-refractivity contribution in [1.82, 2.24) is 5.32 Å². The topological polar surface area (TPSA) is 95.1 Å². The number of carbonyl (C=O) groups is 2. The number of benzene rings is 1. The van der Waals surface area contributed by atoms with Crippen LogP contribution >= 0.6 is 11.3 Å². The maximum absolute atomic E-state index is 13.2. The van der Waals surface area contributed by atoms with E-state index in [-0.39, 0.29) is 17.9 Å². The van der Waals surface area contributed by atoms with Crippen LogP contribution in [-0.2, 0) is 17.6 Å².